The largest absolute Gasteiger partial charge is 0.493 e. The zero-order valence-electron chi connectivity index (χ0n) is 20.4. The number of aryl methyl sites for hydroxylation is 1. The highest BCUT2D eigenvalue weighted by atomic mass is 32.1. The molecule has 0 unspecified atom stereocenters. The van der Waals surface area contributed by atoms with E-state index in [0.717, 1.165) is 40.7 Å². The first-order valence-electron chi connectivity index (χ1n) is 11.9. The first-order valence-corrected chi connectivity index (χ1v) is 12.7. The van der Waals surface area contributed by atoms with Crippen molar-refractivity contribution >= 4 is 44.4 Å². The van der Waals surface area contributed by atoms with Crippen LogP contribution in [0.5, 0.6) is 11.5 Å². The molecule has 0 saturated heterocycles. The van der Waals surface area contributed by atoms with Gasteiger partial charge in [-0.25, -0.2) is 4.98 Å². The monoisotopic (exact) mass is 486 g/mol. The van der Waals surface area contributed by atoms with Crippen LogP contribution in [-0.4, -0.2) is 24.6 Å². The van der Waals surface area contributed by atoms with Gasteiger partial charge in [0.25, 0.3) is 5.91 Å². The van der Waals surface area contributed by atoms with Gasteiger partial charge in [-0.2, -0.15) is 0 Å². The van der Waals surface area contributed by atoms with Crippen LogP contribution in [0.4, 0.5) is 10.8 Å². The number of carbonyl (C=O) groups excluding carboxylic acids is 1. The highest BCUT2D eigenvalue weighted by Gasteiger charge is 2.20. The Labute approximate surface area is 210 Å². The van der Waals surface area contributed by atoms with E-state index in [1.54, 1.807) is 24.2 Å². The summed E-state index contributed by atoms with van der Waals surface area (Å²) in [4.78, 5) is 20.0. The second-order valence-electron chi connectivity index (χ2n) is 8.08. The average molecular weight is 487 g/mol. The summed E-state index contributed by atoms with van der Waals surface area (Å²) in [5.41, 5.74) is 3.79. The van der Waals surface area contributed by atoms with Crippen LogP contribution < -0.4 is 14.4 Å². The Morgan fingerprint density at radius 1 is 1.03 bits per heavy atom. The fraction of sp³-hybridized carbons (Fsp3) is 0.241. The lowest BCUT2D eigenvalue weighted by atomic mass is 10.1. The maximum Gasteiger partial charge on any atom is 0.257 e. The maximum atomic E-state index is 13.5. The first kappa shape index (κ1) is 24.5. The minimum Gasteiger partial charge on any atom is -0.493 e. The quantitative estimate of drug-likeness (QED) is 0.219. The summed E-state index contributed by atoms with van der Waals surface area (Å²) < 4.78 is 12.1. The number of aromatic nitrogens is 1. The van der Waals surface area contributed by atoms with Gasteiger partial charge in [0.1, 0.15) is 0 Å². The van der Waals surface area contributed by atoms with Crippen LogP contribution in [0.15, 0.2) is 72.8 Å². The molecular formula is C29H30N2O3S. The van der Waals surface area contributed by atoms with Crippen LogP contribution in [0, 0.1) is 0 Å². The number of rotatable bonds is 10. The number of hydrogen-bond donors (Lipinski definition) is 0. The molecule has 0 spiro atoms. The molecule has 5 nitrogen and oxygen atoms in total. The molecule has 4 rings (SSSR count). The Morgan fingerprint density at radius 3 is 2.54 bits per heavy atom. The van der Waals surface area contributed by atoms with Gasteiger partial charge >= 0.3 is 0 Å². The van der Waals surface area contributed by atoms with E-state index in [1.807, 2.05) is 61.5 Å². The summed E-state index contributed by atoms with van der Waals surface area (Å²) in [6.45, 7) is 4.67. The minimum atomic E-state index is -0.168. The fourth-order valence-corrected chi connectivity index (χ4v) is 4.78. The van der Waals surface area contributed by atoms with Crippen molar-refractivity contribution in [3.63, 3.8) is 0 Å². The fourth-order valence-electron chi connectivity index (χ4n) is 3.78. The topological polar surface area (TPSA) is 51.7 Å². The molecule has 0 saturated carbocycles. The molecule has 0 aliphatic heterocycles. The van der Waals surface area contributed by atoms with E-state index in [1.165, 1.54) is 16.9 Å². The van der Waals surface area contributed by atoms with Crippen LogP contribution in [-0.2, 0) is 11.2 Å². The van der Waals surface area contributed by atoms with E-state index in [-0.39, 0.29) is 5.91 Å². The van der Waals surface area contributed by atoms with Crippen molar-refractivity contribution in [2.75, 3.05) is 18.6 Å². The number of anilines is 2. The molecule has 3 aromatic carbocycles. The molecule has 0 bridgehead atoms. The molecular weight excluding hydrogens is 456 g/mol. The lowest BCUT2D eigenvalue weighted by Gasteiger charge is -2.19. The highest BCUT2D eigenvalue weighted by Crippen LogP contribution is 2.34. The van der Waals surface area contributed by atoms with E-state index in [2.05, 4.69) is 19.1 Å². The van der Waals surface area contributed by atoms with Gasteiger partial charge in [0.05, 0.1) is 29.6 Å². The summed E-state index contributed by atoms with van der Waals surface area (Å²) in [5, 5.41) is 0.645. The molecule has 1 aromatic heterocycles. The number of methoxy groups -OCH3 is 1. The molecule has 4 aromatic rings. The maximum absolute atomic E-state index is 13.5. The summed E-state index contributed by atoms with van der Waals surface area (Å²) in [6, 6.07) is 21.7. The van der Waals surface area contributed by atoms with Crippen molar-refractivity contribution in [1.29, 1.82) is 0 Å². The molecule has 0 aliphatic carbocycles. The van der Waals surface area contributed by atoms with E-state index in [9.17, 15) is 4.79 Å². The SMILES string of the molecule is CCCCc1ccc(N(C(=O)/C=C/c2ccc(OCC)c(OC)c2)c2nc3ccccc3s2)cc1. The standard InChI is InChI=1S/C29H30N2O3S/c1-4-6-9-21-12-16-23(17-13-21)31(29-30-24-10-7-8-11-27(24)35-29)28(32)19-15-22-14-18-25(34-5-2)26(20-22)33-3/h7-8,10-20H,4-6,9H2,1-3H3/b19-15+. The van der Waals surface area contributed by atoms with Crippen molar-refractivity contribution < 1.29 is 14.3 Å². The van der Waals surface area contributed by atoms with Crippen LogP contribution in [0.2, 0.25) is 0 Å². The van der Waals surface area contributed by atoms with Gasteiger partial charge in [0.2, 0.25) is 0 Å². The van der Waals surface area contributed by atoms with Crippen molar-refractivity contribution in [2.24, 2.45) is 0 Å². The molecule has 0 atom stereocenters. The number of hydrogen-bond acceptors (Lipinski definition) is 5. The normalized spacial score (nSPS) is 11.2. The molecule has 0 radical (unpaired) electrons. The summed E-state index contributed by atoms with van der Waals surface area (Å²) in [7, 11) is 1.61. The van der Waals surface area contributed by atoms with Gasteiger partial charge in [0.15, 0.2) is 16.6 Å². The number of nitrogens with zero attached hydrogens (tertiary/aromatic N) is 2. The molecule has 1 amide bonds. The van der Waals surface area contributed by atoms with Gasteiger partial charge in [-0.15, -0.1) is 0 Å². The number of benzene rings is 3. The Morgan fingerprint density at radius 2 is 1.83 bits per heavy atom. The lowest BCUT2D eigenvalue weighted by molar-refractivity contribution is -0.113. The minimum absolute atomic E-state index is 0.168. The van der Waals surface area contributed by atoms with Crippen molar-refractivity contribution in [2.45, 2.75) is 33.1 Å². The summed E-state index contributed by atoms with van der Waals surface area (Å²) >= 11 is 1.51. The molecule has 35 heavy (non-hydrogen) atoms. The van der Waals surface area contributed by atoms with Gasteiger partial charge in [-0.3, -0.25) is 9.69 Å². The summed E-state index contributed by atoms with van der Waals surface area (Å²) in [6.07, 6.45) is 6.70. The number of carbonyl (C=O) groups is 1. The van der Waals surface area contributed by atoms with E-state index < -0.39 is 0 Å². The Kier molecular flexibility index (Phi) is 8.16. The highest BCUT2D eigenvalue weighted by molar-refractivity contribution is 7.22. The number of ether oxygens (including phenoxy) is 2. The second-order valence-corrected chi connectivity index (χ2v) is 9.09. The molecule has 6 heteroatoms. The van der Waals surface area contributed by atoms with Crippen LogP contribution in [0.25, 0.3) is 16.3 Å². The van der Waals surface area contributed by atoms with E-state index in [4.69, 9.17) is 14.5 Å². The second kappa shape index (κ2) is 11.7. The lowest BCUT2D eigenvalue weighted by Crippen LogP contribution is -2.23. The number of unbranched alkanes of at least 4 members (excludes halogenated alkanes) is 1. The molecule has 0 fully saturated rings. The predicted molar refractivity (Wildman–Crippen MR) is 145 cm³/mol. The number of para-hydroxylation sites is 1. The van der Waals surface area contributed by atoms with Crippen molar-refractivity contribution in [1.82, 2.24) is 4.98 Å². The van der Waals surface area contributed by atoms with Crippen LogP contribution in [0.1, 0.15) is 37.8 Å². The summed E-state index contributed by atoms with van der Waals surface area (Å²) in [5.74, 6) is 1.14. The molecule has 0 aliphatic rings. The van der Waals surface area contributed by atoms with Gasteiger partial charge in [0, 0.05) is 6.08 Å². The van der Waals surface area contributed by atoms with Gasteiger partial charge < -0.3 is 9.47 Å². The third kappa shape index (κ3) is 5.89. The van der Waals surface area contributed by atoms with Gasteiger partial charge in [-0.05, 0) is 73.4 Å². The zero-order chi connectivity index (χ0) is 24.6. The number of thiazole rings is 1. The predicted octanol–water partition coefficient (Wildman–Crippen LogP) is 7.42. The van der Waals surface area contributed by atoms with E-state index >= 15 is 0 Å². The average Bonchev–Trinajstić information content (AvgIpc) is 3.31. The van der Waals surface area contributed by atoms with Crippen molar-refractivity contribution in [3.8, 4) is 11.5 Å². The van der Waals surface area contributed by atoms with Crippen LogP contribution >= 0.6 is 11.3 Å². The third-order valence-electron chi connectivity index (χ3n) is 5.61. The Balaban J connectivity index is 1.66. The Bertz CT molecular complexity index is 1280. The number of fused-ring (bicyclic) bond motifs is 1. The molecule has 0 N–H and O–H groups in total. The molecule has 1 heterocycles. The Hall–Kier alpha value is -3.64. The molecule has 180 valence electrons. The van der Waals surface area contributed by atoms with E-state index in [0.29, 0.717) is 23.2 Å². The van der Waals surface area contributed by atoms with Crippen LogP contribution in [0.3, 0.4) is 0 Å². The third-order valence-corrected chi connectivity index (χ3v) is 6.64. The first-order chi connectivity index (χ1) is 17.1. The zero-order valence-corrected chi connectivity index (χ0v) is 21.2. The van der Waals surface area contributed by atoms with Gasteiger partial charge in [-0.1, -0.05) is 55.0 Å². The smallest absolute Gasteiger partial charge is 0.257 e. The van der Waals surface area contributed by atoms with Crippen molar-refractivity contribution in [3.05, 3.63) is 83.9 Å². The number of amides is 1.